The van der Waals surface area contributed by atoms with E-state index in [1.54, 1.807) is 19.9 Å². The molecule has 2 aromatic heterocycles. The maximum absolute atomic E-state index is 13.2. The van der Waals surface area contributed by atoms with Gasteiger partial charge in [-0.05, 0) is 43.7 Å². The van der Waals surface area contributed by atoms with E-state index >= 15 is 0 Å². The number of anilines is 1. The number of hydrogen-bond donors (Lipinski definition) is 1. The topological polar surface area (TPSA) is 106 Å². The molecule has 1 aromatic carbocycles. The molecule has 170 valence electrons. The molecule has 1 N–H and O–H groups in total. The van der Waals surface area contributed by atoms with Gasteiger partial charge in [-0.25, -0.2) is 4.98 Å². The first-order valence-electron chi connectivity index (χ1n) is 9.45. The summed E-state index contributed by atoms with van der Waals surface area (Å²) in [5.41, 5.74) is 0.560. The van der Waals surface area contributed by atoms with Crippen LogP contribution in [-0.2, 0) is 4.79 Å². The van der Waals surface area contributed by atoms with E-state index in [0.717, 1.165) is 33.2 Å². The molecule has 1 unspecified atom stereocenters. The zero-order valence-corrected chi connectivity index (χ0v) is 17.9. The third-order valence-electron chi connectivity index (χ3n) is 4.73. The Balaban J connectivity index is 1.81. The number of rotatable bonds is 5. The molecule has 0 fully saturated rings. The van der Waals surface area contributed by atoms with E-state index in [0.29, 0.717) is 5.69 Å². The first-order valence-corrected chi connectivity index (χ1v) is 10.3. The summed E-state index contributed by atoms with van der Waals surface area (Å²) in [6.45, 7) is 3.43. The van der Waals surface area contributed by atoms with Gasteiger partial charge in [-0.3, -0.25) is 14.5 Å². The molecule has 0 radical (unpaired) electrons. The molecule has 3 heterocycles. The lowest BCUT2D eigenvalue weighted by Gasteiger charge is -2.25. The Hall–Kier alpha value is -3.80. The lowest BCUT2D eigenvalue weighted by atomic mass is 9.96. The van der Waals surface area contributed by atoms with Crippen LogP contribution in [0.25, 0.3) is 0 Å². The standard InChI is InChI=1S/C21H15F3N4O4S/c1-10-3-8-14(27-26-10)28-16(12-4-6-13(7-5-12)32-21(22,23)24)15(18(30)20(28)31)17(29)19-25-9-11(2)33-19/h3-9,16,30H,1-2H3. The highest BCUT2D eigenvalue weighted by atomic mass is 32.1. The molecule has 1 aliphatic heterocycles. The van der Waals surface area contributed by atoms with Crippen LogP contribution >= 0.6 is 11.3 Å². The van der Waals surface area contributed by atoms with Crippen molar-refractivity contribution in [2.45, 2.75) is 26.3 Å². The minimum atomic E-state index is -4.88. The third-order valence-corrected chi connectivity index (χ3v) is 5.64. The molecule has 33 heavy (non-hydrogen) atoms. The lowest BCUT2D eigenvalue weighted by molar-refractivity contribution is -0.274. The van der Waals surface area contributed by atoms with Crippen LogP contribution in [0.4, 0.5) is 19.0 Å². The summed E-state index contributed by atoms with van der Waals surface area (Å²) in [5.74, 6) is -2.80. The van der Waals surface area contributed by atoms with Gasteiger partial charge in [-0.1, -0.05) is 12.1 Å². The van der Waals surface area contributed by atoms with Crippen molar-refractivity contribution in [3.63, 3.8) is 0 Å². The van der Waals surface area contributed by atoms with Crippen molar-refractivity contribution in [2.24, 2.45) is 0 Å². The minimum absolute atomic E-state index is 0.0517. The van der Waals surface area contributed by atoms with Gasteiger partial charge in [-0.2, -0.15) is 5.10 Å². The van der Waals surface area contributed by atoms with Crippen LogP contribution in [-0.4, -0.2) is 38.3 Å². The Morgan fingerprint density at radius 2 is 1.82 bits per heavy atom. The number of carbonyl (C=O) groups is 2. The predicted molar refractivity (Wildman–Crippen MR) is 111 cm³/mol. The second kappa shape index (κ2) is 8.28. The van der Waals surface area contributed by atoms with Gasteiger partial charge in [0.15, 0.2) is 16.6 Å². The van der Waals surface area contributed by atoms with Crippen molar-refractivity contribution in [1.29, 1.82) is 0 Å². The molecule has 0 aliphatic carbocycles. The molecule has 0 spiro atoms. The van der Waals surface area contributed by atoms with E-state index in [1.807, 2.05) is 0 Å². The Labute approximate surface area is 189 Å². The van der Waals surface area contributed by atoms with E-state index in [2.05, 4.69) is 19.9 Å². The second-order valence-electron chi connectivity index (χ2n) is 7.09. The van der Waals surface area contributed by atoms with Gasteiger partial charge >= 0.3 is 6.36 Å². The van der Waals surface area contributed by atoms with Crippen LogP contribution in [0.3, 0.4) is 0 Å². The van der Waals surface area contributed by atoms with E-state index in [4.69, 9.17) is 0 Å². The van der Waals surface area contributed by atoms with E-state index in [1.165, 1.54) is 24.4 Å². The molecular weight excluding hydrogens is 461 g/mol. The smallest absolute Gasteiger partial charge is 0.503 e. The SMILES string of the molecule is Cc1ccc(N2C(=O)C(O)=C(C(=O)c3ncc(C)s3)C2c2ccc(OC(F)(F)F)cc2)nn1. The molecule has 0 saturated heterocycles. The molecule has 12 heteroatoms. The monoisotopic (exact) mass is 476 g/mol. The summed E-state index contributed by atoms with van der Waals surface area (Å²) in [6.07, 6.45) is -3.40. The number of ether oxygens (including phenoxy) is 1. The number of aromatic nitrogens is 3. The molecule has 0 saturated carbocycles. The van der Waals surface area contributed by atoms with Gasteiger partial charge in [-0.15, -0.1) is 29.6 Å². The number of nitrogens with zero attached hydrogens (tertiary/aromatic N) is 4. The van der Waals surface area contributed by atoms with Gasteiger partial charge in [0, 0.05) is 11.1 Å². The van der Waals surface area contributed by atoms with Crippen molar-refractivity contribution in [3.8, 4) is 5.75 Å². The van der Waals surface area contributed by atoms with Gasteiger partial charge in [0.2, 0.25) is 5.78 Å². The Morgan fingerprint density at radius 3 is 2.36 bits per heavy atom. The number of benzene rings is 1. The summed E-state index contributed by atoms with van der Waals surface area (Å²) < 4.78 is 41.5. The summed E-state index contributed by atoms with van der Waals surface area (Å²) in [7, 11) is 0. The summed E-state index contributed by atoms with van der Waals surface area (Å²) in [5, 5.41) is 18.6. The molecule has 3 aromatic rings. The van der Waals surface area contributed by atoms with Gasteiger partial charge in [0.1, 0.15) is 5.75 Å². The zero-order valence-electron chi connectivity index (χ0n) is 17.1. The molecular formula is C21H15F3N4O4S. The van der Waals surface area contributed by atoms with Gasteiger partial charge in [0.25, 0.3) is 5.91 Å². The molecule has 1 aliphatic rings. The maximum Gasteiger partial charge on any atom is 0.573 e. The van der Waals surface area contributed by atoms with Crippen molar-refractivity contribution in [1.82, 2.24) is 15.2 Å². The zero-order chi connectivity index (χ0) is 23.9. The van der Waals surface area contributed by atoms with Crippen LogP contribution in [0.2, 0.25) is 0 Å². The highest BCUT2D eigenvalue weighted by Crippen LogP contribution is 2.42. The maximum atomic E-state index is 13.2. The number of carbonyl (C=O) groups excluding carboxylic acids is 2. The first-order chi connectivity index (χ1) is 15.5. The van der Waals surface area contributed by atoms with E-state index < -0.39 is 35.6 Å². The number of alkyl halides is 3. The van der Waals surface area contributed by atoms with Crippen LogP contribution < -0.4 is 9.64 Å². The highest BCUT2D eigenvalue weighted by molar-refractivity contribution is 7.13. The van der Waals surface area contributed by atoms with E-state index in [-0.39, 0.29) is 22.0 Å². The normalized spacial score (nSPS) is 16.5. The Bertz CT molecular complexity index is 1250. The van der Waals surface area contributed by atoms with Gasteiger partial charge < -0.3 is 9.84 Å². The van der Waals surface area contributed by atoms with Crippen LogP contribution in [0.15, 0.2) is 53.9 Å². The number of aliphatic hydroxyl groups excluding tert-OH is 1. The highest BCUT2D eigenvalue weighted by Gasteiger charge is 2.46. The minimum Gasteiger partial charge on any atom is -0.503 e. The predicted octanol–water partition coefficient (Wildman–Crippen LogP) is 4.23. The number of aliphatic hydroxyl groups is 1. The molecule has 1 amide bonds. The fourth-order valence-corrected chi connectivity index (χ4v) is 4.05. The number of thiazole rings is 1. The van der Waals surface area contributed by atoms with Crippen LogP contribution in [0.5, 0.6) is 5.75 Å². The number of hydrogen-bond acceptors (Lipinski definition) is 8. The fourth-order valence-electron chi connectivity index (χ4n) is 3.34. The Morgan fingerprint density at radius 1 is 1.12 bits per heavy atom. The van der Waals surface area contributed by atoms with Gasteiger partial charge in [0.05, 0.1) is 17.3 Å². The van der Waals surface area contributed by atoms with Crippen molar-refractivity contribution >= 4 is 28.8 Å². The number of halogens is 3. The average molecular weight is 476 g/mol. The second-order valence-corrected chi connectivity index (χ2v) is 8.33. The summed E-state index contributed by atoms with van der Waals surface area (Å²) in [6, 6.07) is 6.55. The van der Waals surface area contributed by atoms with Crippen molar-refractivity contribution in [2.75, 3.05) is 4.90 Å². The largest absolute Gasteiger partial charge is 0.573 e. The van der Waals surface area contributed by atoms with Crippen molar-refractivity contribution < 1.29 is 32.6 Å². The molecule has 1 atom stereocenters. The fraction of sp³-hybridized carbons (Fsp3) is 0.190. The summed E-state index contributed by atoms with van der Waals surface area (Å²) in [4.78, 5) is 32.1. The number of aryl methyl sites for hydroxylation is 2. The molecule has 4 rings (SSSR count). The Kier molecular flexibility index (Phi) is 5.62. The summed E-state index contributed by atoms with van der Waals surface area (Å²) >= 11 is 1.08. The van der Waals surface area contributed by atoms with Crippen LogP contribution in [0.1, 0.15) is 32.0 Å². The number of ketones is 1. The lowest BCUT2D eigenvalue weighted by Crippen LogP contribution is -2.32. The number of amides is 1. The number of Topliss-reactive ketones (excluding diaryl/α,β-unsaturated/α-hetero) is 1. The van der Waals surface area contributed by atoms with Crippen LogP contribution in [0, 0.1) is 13.8 Å². The van der Waals surface area contributed by atoms with Crippen molar-refractivity contribution in [3.05, 3.63) is 75.1 Å². The molecule has 0 bridgehead atoms. The van der Waals surface area contributed by atoms with E-state index in [9.17, 15) is 27.9 Å². The first kappa shape index (κ1) is 22.4. The molecule has 8 nitrogen and oxygen atoms in total. The quantitative estimate of drug-likeness (QED) is 0.550. The average Bonchev–Trinajstić information content (AvgIpc) is 3.29. The third kappa shape index (κ3) is 4.42.